The predicted molar refractivity (Wildman–Crippen MR) is 99.0 cm³/mol. The van der Waals surface area contributed by atoms with Crippen LogP contribution >= 0.6 is 8.00 Å². The molecule has 0 radical (unpaired) electrons. The zero-order valence-corrected chi connectivity index (χ0v) is 16.0. The lowest BCUT2D eigenvalue weighted by Gasteiger charge is -2.64. The van der Waals surface area contributed by atoms with Crippen LogP contribution in [0.4, 0.5) is 0 Å². The second-order valence-corrected chi connectivity index (χ2v) is 10.4. The normalized spacial score (nSPS) is 38.4. The molecule has 4 bridgehead atoms. The highest BCUT2D eigenvalue weighted by atomic mass is 31.1. The molecule has 4 fully saturated rings. The minimum atomic E-state index is -1.76. The van der Waals surface area contributed by atoms with Crippen LogP contribution in [-0.4, -0.2) is 5.80 Å². The molecule has 4 aliphatic carbocycles. The van der Waals surface area contributed by atoms with Gasteiger partial charge in [0.1, 0.15) is 5.80 Å². The summed E-state index contributed by atoms with van der Waals surface area (Å²) in [7, 11) is -1.76. The minimum absolute atomic E-state index is 0.257. The van der Waals surface area contributed by atoms with Gasteiger partial charge in [0.15, 0.2) is 5.75 Å². The lowest BCUT2D eigenvalue weighted by molar-refractivity contribution is -0.167. The lowest BCUT2D eigenvalue weighted by atomic mass is 9.40. The molecule has 4 unspecified atom stereocenters. The summed E-state index contributed by atoms with van der Waals surface area (Å²) in [5.74, 6) is 5.77. The van der Waals surface area contributed by atoms with Crippen LogP contribution in [-0.2, 0) is 0 Å². The molecule has 0 spiro atoms. The summed E-state index contributed by atoms with van der Waals surface area (Å²) in [5.41, 5.74) is 0.569. The van der Waals surface area contributed by atoms with Gasteiger partial charge in [-0.2, -0.15) is 0 Å². The summed E-state index contributed by atoms with van der Waals surface area (Å²) < 4.78 is 5.73. The van der Waals surface area contributed by atoms with E-state index >= 15 is 0 Å². The number of hydrogen-bond acceptors (Lipinski definition) is 2. The van der Waals surface area contributed by atoms with E-state index in [1.165, 1.54) is 32.1 Å². The van der Waals surface area contributed by atoms with Crippen molar-refractivity contribution in [2.45, 2.75) is 52.9 Å². The van der Waals surface area contributed by atoms with Crippen molar-refractivity contribution < 1.29 is 9.42 Å². The lowest BCUT2D eigenvalue weighted by Crippen LogP contribution is -2.58. The third kappa shape index (κ3) is 2.72. The molecule has 4 aliphatic rings. The average Bonchev–Trinajstić information content (AvgIpc) is 2.50. The van der Waals surface area contributed by atoms with Crippen LogP contribution in [0.5, 0.6) is 5.75 Å². The molecule has 4 atom stereocenters. The predicted octanol–water partition coefficient (Wildman–Crippen LogP) is 5.03. The minimum Gasteiger partial charge on any atom is -0.595 e. The van der Waals surface area contributed by atoms with E-state index in [9.17, 15) is 4.89 Å². The van der Waals surface area contributed by atoms with Gasteiger partial charge in [-0.05, 0) is 72.8 Å². The first-order chi connectivity index (χ1) is 11.4. The van der Waals surface area contributed by atoms with E-state index < -0.39 is 8.00 Å². The maximum Gasteiger partial charge on any atom is 0.273 e. The van der Waals surface area contributed by atoms with E-state index in [-0.39, 0.29) is 5.41 Å². The largest absolute Gasteiger partial charge is 0.595 e. The summed E-state index contributed by atoms with van der Waals surface area (Å²) in [5, 5.41) is 0. The molecule has 0 aliphatic heterocycles. The number of rotatable bonds is 3. The first-order valence-electron chi connectivity index (χ1n) is 9.42. The summed E-state index contributed by atoms with van der Waals surface area (Å²) in [6, 6.07) is 9.58. The molecule has 1 aromatic rings. The smallest absolute Gasteiger partial charge is 0.273 e. The van der Waals surface area contributed by atoms with Crippen molar-refractivity contribution in [3.63, 3.8) is 0 Å². The summed E-state index contributed by atoms with van der Waals surface area (Å²) in [4.78, 5) is 12.7. The highest BCUT2D eigenvalue weighted by molar-refractivity contribution is 7.45. The van der Waals surface area contributed by atoms with Crippen molar-refractivity contribution in [1.29, 1.82) is 0 Å². The Labute approximate surface area is 147 Å². The second-order valence-electron chi connectivity index (χ2n) is 9.38. The maximum atomic E-state index is 12.7. The molecular weight excluding hydrogens is 315 g/mol. The standard InChI is InChI=1S/C21H29O2P/c1-20(2,3)21-12-15-9-16(13-21)11-17(10-15)19(21)14-24(22)23-18-7-5-4-6-8-18/h4-8,14-17,19H,9-13H2,1-3H3. The molecule has 0 amide bonds. The highest BCUT2D eigenvalue weighted by Crippen LogP contribution is 2.68. The van der Waals surface area contributed by atoms with Crippen LogP contribution in [0, 0.1) is 34.5 Å². The molecule has 130 valence electrons. The Morgan fingerprint density at radius 1 is 1.08 bits per heavy atom. The van der Waals surface area contributed by atoms with Gasteiger partial charge in [0.05, 0.1) is 0 Å². The third-order valence-corrected chi connectivity index (χ3v) is 8.06. The van der Waals surface area contributed by atoms with Crippen LogP contribution in [0.2, 0.25) is 0 Å². The topological polar surface area (TPSA) is 32.3 Å². The zero-order valence-electron chi connectivity index (χ0n) is 15.1. The van der Waals surface area contributed by atoms with Crippen molar-refractivity contribution in [3.05, 3.63) is 30.3 Å². The highest BCUT2D eigenvalue weighted by Gasteiger charge is 2.61. The van der Waals surface area contributed by atoms with Crippen LogP contribution in [0.15, 0.2) is 30.3 Å². The Hall–Kier alpha value is -0.850. The zero-order chi connectivity index (χ0) is 16.9. The third-order valence-electron chi connectivity index (χ3n) is 7.11. The van der Waals surface area contributed by atoms with Gasteiger partial charge >= 0.3 is 0 Å². The molecule has 3 heteroatoms. The molecule has 1 aromatic carbocycles. The van der Waals surface area contributed by atoms with Gasteiger partial charge < -0.3 is 4.89 Å². The van der Waals surface area contributed by atoms with E-state index in [1.54, 1.807) is 0 Å². The van der Waals surface area contributed by atoms with Gasteiger partial charge in [0.2, 0.25) is 0 Å². The molecular formula is C21H29O2P. The fourth-order valence-electron chi connectivity index (χ4n) is 6.20. The molecule has 2 nitrogen and oxygen atoms in total. The number of para-hydroxylation sites is 1. The molecule has 0 saturated heterocycles. The molecule has 5 rings (SSSR count). The van der Waals surface area contributed by atoms with Crippen molar-refractivity contribution in [1.82, 2.24) is 0 Å². The van der Waals surface area contributed by atoms with Gasteiger partial charge in [-0.3, -0.25) is 4.52 Å². The summed E-state index contributed by atoms with van der Waals surface area (Å²) >= 11 is 0. The SMILES string of the molecule is CC(C)(C)C12CC3CC(CC(C3)C1/C=[P+](\[O-])Oc1ccccc1)C2. The first-order valence-corrected chi connectivity index (χ1v) is 10.7. The van der Waals surface area contributed by atoms with Crippen molar-refractivity contribution in [2.75, 3.05) is 0 Å². The Kier molecular flexibility index (Phi) is 4.05. The van der Waals surface area contributed by atoms with E-state index in [0.29, 0.717) is 23.0 Å². The van der Waals surface area contributed by atoms with E-state index in [2.05, 4.69) is 26.6 Å². The van der Waals surface area contributed by atoms with E-state index in [0.717, 1.165) is 11.8 Å². The van der Waals surface area contributed by atoms with Crippen LogP contribution < -0.4 is 9.42 Å². The van der Waals surface area contributed by atoms with E-state index in [4.69, 9.17) is 4.52 Å². The number of hydrogen-bond donors (Lipinski definition) is 0. The molecule has 4 saturated carbocycles. The second kappa shape index (κ2) is 5.85. The van der Waals surface area contributed by atoms with E-state index in [1.807, 2.05) is 30.3 Å². The van der Waals surface area contributed by atoms with Crippen molar-refractivity contribution in [3.8, 4) is 5.75 Å². The quantitative estimate of drug-likeness (QED) is 0.721. The fourth-order valence-corrected chi connectivity index (χ4v) is 7.38. The first kappa shape index (κ1) is 16.6. The van der Waals surface area contributed by atoms with Crippen molar-refractivity contribution >= 4 is 13.8 Å². The Morgan fingerprint density at radius 2 is 1.71 bits per heavy atom. The fraction of sp³-hybridized carbons (Fsp3) is 0.667. The van der Waals surface area contributed by atoms with Gasteiger partial charge in [-0.15, -0.1) is 0 Å². The Bertz CT molecular complexity index is 617. The molecule has 0 heterocycles. The summed E-state index contributed by atoms with van der Waals surface area (Å²) in [6.45, 7) is 7.18. The van der Waals surface area contributed by atoms with Gasteiger partial charge in [-0.1, -0.05) is 39.0 Å². The Morgan fingerprint density at radius 3 is 2.29 bits per heavy atom. The molecule has 0 N–H and O–H groups in total. The van der Waals surface area contributed by atoms with Crippen LogP contribution in [0.3, 0.4) is 0 Å². The molecule has 24 heavy (non-hydrogen) atoms. The average molecular weight is 344 g/mol. The van der Waals surface area contributed by atoms with Crippen LogP contribution in [0.1, 0.15) is 52.9 Å². The monoisotopic (exact) mass is 344 g/mol. The number of benzene rings is 1. The summed E-state index contributed by atoms with van der Waals surface area (Å²) in [6.07, 6.45) is 6.75. The van der Waals surface area contributed by atoms with Gasteiger partial charge in [0, 0.05) is 5.92 Å². The van der Waals surface area contributed by atoms with Gasteiger partial charge in [-0.25, -0.2) is 0 Å². The molecule has 0 aromatic heterocycles. The van der Waals surface area contributed by atoms with Crippen molar-refractivity contribution in [2.24, 2.45) is 34.5 Å². The Balaban J connectivity index is 1.64. The van der Waals surface area contributed by atoms with Gasteiger partial charge in [0.25, 0.3) is 8.00 Å². The maximum absolute atomic E-state index is 12.7. The van der Waals surface area contributed by atoms with Crippen LogP contribution in [0.25, 0.3) is 0 Å².